The van der Waals surface area contributed by atoms with Gasteiger partial charge in [-0.1, -0.05) is 13.8 Å². The number of hydrogen-bond acceptors (Lipinski definition) is 3. The summed E-state index contributed by atoms with van der Waals surface area (Å²) < 4.78 is 7.65. The predicted octanol–water partition coefficient (Wildman–Crippen LogP) is 3.24. The molecular formula is C13H18ClN3O. The van der Waals surface area contributed by atoms with Crippen LogP contribution in [0, 0.1) is 0 Å². The second-order valence-electron chi connectivity index (χ2n) is 4.11. The van der Waals surface area contributed by atoms with Crippen molar-refractivity contribution in [1.29, 1.82) is 0 Å². The smallest absolute Gasteiger partial charge is 0.193 e. The van der Waals surface area contributed by atoms with Crippen LogP contribution in [0.15, 0.2) is 28.9 Å². The van der Waals surface area contributed by atoms with Crippen LogP contribution >= 0.6 is 11.6 Å². The van der Waals surface area contributed by atoms with Crippen molar-refractivity contribution < 1.29 is 4.42 Å². The molecule has 0 fully saturated rings. The lowest BCUT2D eigenvalue weighted by molar-refractivity contribution is 0.431. The zero-order chi connectivity index (χ0) is 13.0. The third kappa shape index (κ3) is 2.76. The van der Waals surface area contributed by atoms with Gasteiger partial charge in [0.1, 0.15) is 17.6 Å². The van der Waals surface area contributed by atoms with E-state index in [1.807, 2.05) is 18.5 Å². The van der Waals surface area contributed by atoms with Crippen molar-refractivity contribution in [3.63, 3.8) is 0 Å². The van der Waals surface area contributed by atoms with Crippen LogP contribution in [-0.2, 0) is 6.54 Å². The van der Waals surface area contributed by atoms with Crippen LogP contribution in [-0.4, -0.2) is 16.1 Å². The molecule has 0 amide bonds. The van der Waals surface area contributed by atoms with Gasteiger partial charge in [-0.3, -0.25) is 0 Å². The normalized spacial score (nSPS) is 12.8. The van der Waals surface area contributed by atoms with Crippen LogP contribution in [0.25, 0.3) is 0 Å². The number of halogens is 1. The third-order valence-electron chi connectivity index (χ3n) is 2.76. The summed E-state index contributed by atoms with van der Waals surface area (Å²) in [7, 11) is 0. The van der Waals surface area contributed by atoms with E-state index in [2.05, 4.69) is 28.7 Å². The molecule has 2 rings (SSSR count). The lowest BCUT2D eigenvalue weighted by Gasteiger charge is -2.16. The van der Waals surface area contributed by atoms with E-state index in [1.165, 1.54) is 0 Å². The Morgan fingerprint density at radius 1 is 1.44 bits per heavy atom. The third-order valence-corrected chi connectivity index (χ3v) is 2.96. The largest absolute Gasteiger partial charge is 0.448 e. The number of hydrogen-bond donors (Lipinski definition) is 1. The molecule has 0 spiro atoms. The Bertz CT molecular complexity index is 492. The maximum atomic E-state index is 5.85. The number of imidazole rings is 1. The summed E-state index contributed by atoms with van der Waals surface area (Å²) in [5, 5.41) is 3.78. The fourth-order valence-corrected chi connectivity index (χ4v) is 2.17. The molecular weight excluding hydrogens is 250 g/mol. The van der Waals surface area contributed by atoms with Crippen LogP contribution in [0.1, 0.15) is 37.9 Å². The number of aryl methyl sites for hydroxylation is 1. The SMILES string of the molecule is CCCn1ccnc1C(NCC)c1ccc(Cl)o1. The first-order valence-corrected chi connectivity index (χ1v) is 6.63. The summed E-state index contributed by atoms with van der Waals surface area (Å²) in [6, 6.07) is 3.60. The van der Waals surface area contributed by atoms with Crippen LogP contribution in [0.4, 0.5) is 0 Å². The highest BCUT2D eigenvalue weighted by Crippen LogP contribution is 2.25. The highest BCUT2D eigenvalue weighted by atomic mass is 35.5. The predicted molar refractivity (Wildman–Crippen MR) is 71.8 cm³/mol. The average Bonchev–Trinajstić information content (AvgIpc) is 2.96. The first-order valence-electron chi connectivity index (χ1n) is 6.25. The Morgan fingerprint density at radius 3 is 2.89 bits per heavy atom. The maximum absolute atomic E-state index is 5.85. The van der Waals surface area contributed by atoms with Gasteiger partial charge < -0.3 is 14.3 Å². The molecule has 2 aromatic heterocycles. The van der Waals surface area contributed by atoms with E-state index in [0.29, 0.717) is 5.22 Å². The summed E-state index contributed by atoms with van der Waals surface area (Å²) in [6.45, 7) is 5.99. The second-order valence-corrected chi connectivity index (χ2v) is 4.48. The minimum atomic E-state index is -0.0518. The Labute approximate surface area is 112 Å². The van der Waals surface area contributed by atoms with E-state index in [-0.39, 0.29) is 6.04 Å². The molecule has 1 unspecified atom stereocenters. The van der Waals surface area contributed by atoms with Gasteiger partial charge in [0, 0.05) is 18.9 Å². The molecule has 0 aliphatic carbocycles. The van der Waals surface area contributed by atoms with Crippen molar-refractivity contribution in [2.75, 3.05) is 6.54 Å². The quantitative estimate of drug-likeness (QED) is 0.874. The highest BCUT2D eigenvalue weighted by Gasteiger charge is 2.21. The molecule has 5 heteroatoms. The zero-order valence-electron chi connectivity index (χ0n) is 10.7. The molecule has 0 bridgehead atoms. The van der Waals surface area contributed by atoms with E-state index < -0.39 is 0 Å². The molecule has 2 aromatic rings. The molecule has 1 atom stereocenters. The molecule has 0 saturated carbocycles. The molecule has 4 nitrogen and oxygen atoms in total. The topological polar surface area (TPSA) is 43.0 Å². The van der Waals surface area contributed by atoms with Gasteiger partial charge in [-0.25, -0.2) is 4.98 Å². The van der Waals surface area contributed by atoms with Crippen molar-refractivity contribution >= 4 is 11.6 Å². The van der Waals surface area contributed by atoms with Crippen molar-refractivity contribution in [1.82, 2.24) is 14.9 Å². The van der Waals surface area contributed by atoms with Crippen molar-refractivity contribution in [2.24, 2.45) is 0 Å². The second kappa shape index (κ2) is 6.07. The monoisotopic (exact) mass is 267 g/mol. The molecule has 98 valence electrons. The van der Waals surface area contributed by atoms with Gasteiger partial charge in [-0.2, -0.15) is 0 Å². The average molecular weight is 268 g/mol. The molecule has 0 aliphatic heterocycles. The Morgan fingerprint density at radius 2 is 2.28 bits per heavy atom. The molecule has 0 saturated heterocycles. The van der Waals surface area contributed by atoms with Crippen LogP contribution in [0.2, 0.25) is 5.22 Å². The number of aromatic nitrogens is 2. The standard InChI is InChI=1S/C13H18ClN3O/c1-3-8-17-9-7-16-13(17)12(15-4-2)10-5-6-11(14)18-10/h5-7,9,12,15H,3-4,8H2,1-2H3. The zero-order valence-corrected chi connectivity index (χ0v) is 11.4. The molecule has 0 radical (unpaired) electrons. The molecule has 2 heterocycles. The van der Waals surface area contributed by atoms with Gasteiger partial charge in [-0.15, -0.1) is 0 Å². The summed E-state index contributed by atoms with van der Waals surface area (Å²) >= 11 is 5.85. The summed E-state index contributed by atoms with van der Waals surface area (Å²) in [5.74, 6) is 1.76. The van der Waals surface area contributed by atoms with Crippen molar-refractivity contribution in [3.8, 4) is 0 Å². The molecule has 1 N–H and O–H groups in total. The van der Waals surface area contributed by atoms with Gasteiger partial charge in [0.25, 0.3) is 0 Å². The van der Waals surface area contributed by atoms with Gasteiger partial charge in [0.15, 0.2) is 5.22 Å². The minimum Gasteiger partial charge on any atom is -0.448 e. The first-order chi connectivity index (χ1) is 8.76. The summed E-state index contributed by atoms with van der Waals surface area (Å²) in [6.07, 6.45) is 4.88. The molecule has 18 heavy (non-hydrogen) atoms. The molecule has 0 aliphatic rings. The summed E-state index contributed by atoms with van der Waals surface area (Å²) in [5.41, 5.74) is 0. The van der Waals surface area contributed by atoms with Crippen molar-refractivity contribution in [2.45, 2.75) is 32.9 Å². The highest BCUT2D eigenvalue weighted by molar-refractivity contribution is 6.28. The van der Waals surface area contributed by atoms with Crippen LogP contribution < -0.4 is 5.32 Å². The fraction of sp³-hybridized carbons (Fsp3) is 0.462. The first kappa shape index (κ1) is 13.2. The van der Waals surface area contributed by atoms with E-state index in [9.17, 15) is 0 Å². The lowest BCUT2D eigenvalue weighted by Crippen LogP contribution is -2.25. The summed E-state index contributed by atoms with van der Waals surface area (Å²) in [4.78, 5) is 4.44. The Balaban J connectivity index is 2.31. The number of rotatable bonds is 6. The van der Waals surface area contributed by atoms with Gasteiger partial charge in [0.05, 0.1) is 0 Å². The van der Waals surface area contributed by atoms with E-state index >= 15 is 0 Å². The van der Waals surface area contributed by atoms with Crippen LogP contribution in [0.5, 0.6) is 0 Å². The van der Waals surface area contributed by atoms with E-state index in [4.69, 9.17) is 16.0 Å². The molecule has 0 aromatic carbocycles. The minimum absolute atomic E-state index is 0.0518. The Hall–Kier alpha value is -1.26. The maximum Gasteiger partial charge on any atom is 0.193 e. The van der Waals surface area contributed by atoms with Gasteiger partial charge >= 0.3 is 0 Å². The van der Waals surface area contributed by atoms with Crippen molar-refractivity contribution in [3.05, 3.63) is 41.3 Å². The number of furan rings is 1. The Kier molecular flexibility index (Phi) is 4.44. The van der Waals surface area contributed by atoms with E-state index in [1.54, 1.807) is 6.07 Å². The van der Waals surface area contributed by atoms with E-state index in [0.717, 1.165) is 31.1 Å². The fourth-order valence-electron chi connectivity index (χ4n) is 2.02. The van der Waals surface area contributed by atoms with Gasteiger partial charge in [0.2, 0.25) is 0 Å². The van der Waals surface area contributed by atoms with Crippen LogP contribution in [0.3, 0.4) is 0 Å². The number of nitrogens with zero attached hydrogens (tertiary/aromatic N) is 2. The van der Waals surface area contributed by atoms with Gasteiger partial charge in [-0.05, 0) is 36.7 Å². The number of nitrogens with one attached hydrogen (secondary N) is 1. The lowest BCUT2D eigenvalue weighted by atomic mass is 10.2.